The van der Waals surface area contributed by atoms with E-state index in [1.54, 1.807) is 0 Å². The summed E-state index contributed by atoms with van der Waals surface area (Å²) in [6.45, 7) is 2.65. The molecule has 1 aliphatic heterocycles. The summed E-state index contributed by atoms with van der Waals surface area (Å²) in [6.07, 6.45) is 1.83. The number of nitrogens with two attached hydrogens (primary N) is 1. The third kappa shape index (κ3) is 2.70. The Bertz CT molecular complexity index is 528. The van der Waals surface area contributed by atoms with Crippen molar-refractivity contribution in [3.05, 3.63) is 23.8 Å². The zero-order chi connectivity index (χ0) is 12.6. The van der Waals surface area contributed by atoms with Crippen molar-refractivity contribution >= 4 is 21.4 Å². The van der Waals surface area contributed by atoms with Crippen LogP contribution in [0.15, 0.2) is 18.2 Å². The van der Waals surface area contributed by atoms with E-state index in [0.29, 0.717) is 0 Å². The summed E-state index contributed by atoms with van der Waals surface area (Å²) in [5, 5.41) is 0. The van der Waals surface area contributed by atoms with Gasteiger partial charge in [0, 0.05) is 17.9 Å². The van der Waals surface area contributed by atoms with Gasteiger partial charge in [0.25, 0.3) is 0 Å². The summed E-state index contributed by atoms with van der Waals surface area (Å²) >= 11 is 0. The Balaban J connectivity index is 2.22. The van der Waals surface area contributed by atoms with E-state index in [4.69, 9.17) is 5.73 Å². The Morgan fingerprint density at radius 2 is 2.18 bits per heavy atom. The fraction of sp³-hybridized carbons (Fsp3) is 0.455. The molecule has 0 saturated heterocycles. The first-order valence-electron chi connectivity index (χ1n) is 5.49. The van der Waals surface area contributed by atoms with E-state index in [1.807, 2.05) is 30.0 Å². The molecule has 94 valence electrons. The van der Waals surface area contributed by atoms with Crippen molar-refractivity contribution < 1.29 is 8.42 Å². The molecule has 1 heterocycles. The lowest BCUT2D eigenvalue weighted by Gasteiger charge is -2.27. The summed E-state index contributed by atoms with van der Waals surface area (Å²) in [6, 6.07) is 5.73. The minimum Gasteiger partial charge on any atom is -0.399 e. The second kappa shape index (κ2) is 4.19. The van der Waals surface area contributed by atoms with Crippen molar-refractivity contribution in [3.8, 4) is 0 Å². The van der Waals surface area contributed by atoms with Crippen LogP contribution < -0.4 is 15.4 Å². The van der Waals surface area contributed by atoms with Crippen molar-refractivity contribution in [3.63, 3.8) is 0 Å². The van der Waals surface area contributed by atoms with Crippen LogP contribution in [-0.4, -0.2) is 27.4 Å². The third-order valence-electron chi connectivity index (χ3n) is 2.89. The lowest BCUT2D eigenvalue weighted by molar-refractivity contribution is 0.557. The molecule has 0 amide bonds. The lowest BCUT2D eigenvalue weighted by atomic mass is 10.1. The van der Waals surface area contributed by atoms with Crippen LogP contribution >= 0.6 is 0 Å². The third-order valence-corrected chi connectivity index (χ3v) is 3.66. The smallest absolute Gasteiger partial charge is 0.210 e. The van der Waals surface area contributed by atoms with Crippen molar-refractivity contribution in [1.29, 1.82) is 0 Å². The molecule has 1 aromatic rings. The highest BCUT2D eigenvalue weighted by Gasteiger charge is 2.24. The summed E-state index contributed by atoms with van der Waals surface area (Å²) in [5.74, 6) is 0. The quantitative estimate of drug-likeness (QED) is 0.772. The second-order valence-corrected chi connectivity index (χ2v) is 6.18. The van der Waals surface area contributed by atoms with Gasteiger partial charge in [-0.2, -0.15) is 4.72 Å². The molecule has 0 bridgehead atoms. The van der Waals surface area contributed by atoms with Crippen LogP contribution in [0.2, 0.25) is 0 Å². The lowest BCUT2D eigenvalue weighted by Crippen LogP contribution is -2.45. The highest BCUT2D eigenvalue weighted by molar-refractivity contribution is 7.88. The average Bonchev–Trinajstić information content (AvgIpc) is 2.57. The van der Waals surface area contributed by atoms with Crippen molar-refractivity contribution in [1.82, 2.24) is 4.72 Å². The van der Waals surface area contributed by atoms with Crippen LogP contribution in [0.25, 0.3) is 0 Å². The standard InChI is InChI=1S/C11H17N3O2S/c1-8(13-17(2,15)16)14-6-5-9-7-10(12)3-4-11(9)14/h3-4,7-8,13H,5-6,12H2,1-2H3. The Morgan fingerprint density at radius 3 is 2.82 bits per heavy atom. The van der Waals surface area contributed by atoms with Crippen LogP contribution in [0, 0.1) is 0 Å². The Hall–Kier alpha value is -1.27. The van der Waals surface area contributed by atoms with E-state index in [0.717, 1.165) is 24.3 Å². The molecular formula is C11H17N3O2S. The first-order chi connectivity index (χ1) is 7.87. The molecular weight excluding hydrogens is 238 g/mol. The molecule has 0 spiro atoms. The number of fused-ring (bicyclic) bond motifs is 1. The van der Waals surface area contributed by atoms with E-state index >= 15 is 0 Å². The first kappa shape index (κ1) is 12.2. The largest absolute Gasteiger partial charge is 0.399 e. The van der Waals surface area contributed by atoms with Crippen LogP contribution in [0.3, 0.4) is 0 Å². The SMILES string of the molecule is CC(NS(C)(=O)=O)N1CCc2cc(N)ccc21. The molecule has 1 aliphatic rings. The maximum Gasteiger partial charge on any atom is 0.210 e. The molecule has 0 saturated carbocycles. The van der Waals surface area contributed by atoms with Gasteiger partial charge in [-0.05, 0) is 37.1 Å². The summed E-state index contributed by atoms with van der Waals surface area (Å²) in [7, 11) is -3.19. The normalized spacial score (nSPS) is 16.9. The van der Waals surface area contributed by atoms with E-state index < -0.39 is 10.0 Å². The molecule has 6 heteroatoms. The fourth-order valence-electron chi connectivity index (χ4n) is 2.22. The van der Waals surface area contributed by atoms with Gasteiger partial charge in [-0.15, -0.1) is 0 Å². The molecule has 2 rings (SSSR count). The van der Waals surface area contributed by atoms with Gasteiger partial charge in [0.15, 0.2) is 0 Å². The summed E-state index contributed by atoms with van der Waals surface area (Å²) in [5.41, 5.74) is 8.70. The minimum absolute atomic E-state index is 0.241. The number of nitrogens with one attached hydrogen (secondary N) is 1. The first-order valence-corrected chi connectivity index (χ1v) is 7.38. The van der Waals surface area contributed by atoms with Gasteiger partial charge >= 0.3 is 0 Å². The summed E-state index contributed by atoms with van der Waals surface area (Å²) < 4.78 is 25.0. The summed E-state index contributed by atoms with van der Waals surface area (Å²) in [4.78, 5) is 2.04. The zero-order valence-corrected chi connectivity index (χ0v) is 10.8. The van der Waals surface area contributed by atoms with Crippen LogP contribution in [-0.2, 0) is 16.4 Å². The molecule has 0 aliphatic carbocycles. The van der Waals surface area contributed by atoms with E-state index in [1.165, 1.54) is 11.8 Å². The maximum atomic E-state index is 11.2. The topological polar surface area (TPSA) is 75.4 Å². The average molecular weight is 255 g/mol. The van der Waals surface area contributed by atoms with Crippen molar-refractivity contribution in [2.45, 2.75) is 19.5 Å². The number of hydrogen-bond donors (Lipinski definition) is 2. The van der Waals surface area contributed by atoms with E-state index in [9.17, 15) is 8.42 Å². The Kier molecular flexibility index (Phi) is 3.01. The molecule has 17 heavy (non-hydrogen) atoms. The highest BCUT2D eigenvalue weighted by Crippen LogP contribution is 2.30. The van der Waals surface area contributed by atoms with Gasteiger partial charge in [-0.1, -0.05) is 0 Å². The predicted octanol–water partition coefficient (Wildman–Crippen LogP) is 0.527. The molecule has 3 N–H and O–H groups in total. The number of rotatable bonds is 3. The van der Waals surface area contributed by atoms with Gasteiger partial charge in [0.05, 0.1) is 12.4 Å². The van der Waals surface area contributed by atoms with Crippen LogP contribution in [0.5, 0.6) is 0 Å². The van der Waals surface area contributed by atoms with Gasteiger partial charge < -0.3 is 10.6 Å². The molecule has 0 radical (unpaired) electrons. The maximum absolute atomic E-state index is 11.2. The minimum atomic E-state index is -3.19. The number of sulfonamides is 1. The number of anilines is 2. The fourth-order valence-corrected chi connectivity index (χ4v) is 2.97. The van der Waals surface area contributed by atoms with Gasteiger partial charge in [0.1, 0.15) is 0 Å². The predicted molar refractivity (Wildman–Crippen MR) is 69.3 cm³/mol. The van der Waals surface area contributed by atoms with Crippen molar-refractivity contribution in [2.24, 2.45) is 0 Å². The van der Waals surface area contributed by atoms with Gasteiger partial charge in [0.2, 0.25) is 10.0 Å². The van der Waals surface area contributed by atoms with Crippen LogP contribution in [0.1, 0.15) is 12.5 Å². The van der Waals surface area contributed by atoms with Gasteiger partial charge in [-0.25, -0.2) is 8.42 Å². The molecule has 0 aromatic heterocycles. The number of nitrogens with zero attached hydrogens (tertiary/aromatic N) is 1. The zero-order valence-electron chi connectivity index (χ0n) is 9.97. The Morgan fingerprint density at radius 1 is 1.47 bits per heavy atom. The number of benzene rings is 1. The molecule has 0 fully saturated rings. The molecule has 1 aromatic carbocycles. The monoisotopic (exact) mass is 255 g/mol. The Labute approximate surface area is 102 Å². The van der Waals surface area contributed by atoms with Crippen molar-refractivity contribution in [2.75, 3.05) is 23.4 Å². The van der Waals surface area contributed by atoms with E-state index in [-0.39, 0.29) is 6.17 Å². The number of nitrogen functional groups attached to an aromatic ring is 1. The molecule has 1 atom stereocenters. The number of hydrogen-bond acceptors (Lipinski definition) is 4. The van der Waals surface area contributed by atoms with E-state index in [2.05, 4.69) is 4.72 Å². The second-order valence-electron chi connectivity index (χ2n) is 4.40. The van der Waals surface area contributed by atoms with Crippen LogP contribution in [0.4, 0.5) is 11.4 Å². The molecule has 1 unspecified atom stereocenters. The highest BCUT2D eigenvalue weighted by atomic mass is 32.2. The van der Waals surface area contributed by atoms with Gasteiger partial charge in [-0.3, -0.25) is 0 Å². The molecule has 5 nitrogen and oxygen atoms in total.